The summed E-state index contributed by atoms with van der Waals surface area (Å²) in [6, 6.07) is 0. The standard InChI is InChI=1S/C32H49NO4/c1-19-20(36-8)17-28(4,5)21-10-12-29(6)22-11-13-31(26(35)37-9)15-14-27(2,3)18-24(31)32(22,33)25(34)16-23(29)30(19,21)7/h16,20-22,24H,1,10-15,17-18,33H2,2-9H3/t20-,21?,22?,24?,29?,30?,31?,32?/m0/s1. The summed E-state index contributed by atoms with van der Waals surface area (Å²) in [6.45, 7) is 18.5. The Labute approximate surface area is 224 Å². The zero-order valence-corrected chi connectivity index (χ0v) is 24.5. The number of fused-ring (bicyclic) bond motifs is 7. The number of rotatable bonds is 2. The minimum atomic E-state index is -1.07. The van der Waals surface area contributed by atoms with Crippen molar-refractivity contribution in [2.24, 2.45) is 50.6 Å². The monoisotopic (exact) mass is 511 g/mol. The molecule has 206 valence electrons. The van der Waals surface area contributed by atoms with E-state index in [1.54, 1.807) is 7.11 Å². The number of ether oxygens (including phenoxy) is 2. The summed E-state index contributed by atoms with van der Waals surface area (Å²) in [7, 11) is 3.26. The minimum Gasteiger partial charge on any atom is -0.469 e. The summed E-state index contributed by atoms with van der Waals surface area (Å²) in [4.78, 5) is 27.9. The van der Waals surface area contributed by atoms with Gasteiger partial charge >= 0.3 is 5.97 Å². The third kappa shape index (κ3) is 3.28. The van der Waals surface area contributed by atoms with Crippen molar-refractivity contribution in [3.8, 4) is 0 Å². The predicted molar refractivity (Wildman–Crippen MR) is 146 cm³/mol. The molecule has 0 spiro atoms. The molecule has 0 aromatic rings. The van der Waals surface area contributed by atoms with Crippen LogP contribution in [0.4, 0.5) is 0 Å². The summed E-state index contributed by atoms with van der Waals surface area (Å²) < 4.78 is 11.4. The molecule has 5 rings (SSSR count). The quantitative estimate of drug-likeness (QED) is 0.363. The van der Waals surface area contributed by atoms with Crippen LogP contribution in [-0.4, -0.2) is 37.6 Å². The first-order valence-electron chi connectivity index (χ1n) is 14.4. The highest BCUT2D eigenvalue weighted by Gasteiger charge is 2.72. The van der Waals surface area contributed by atoms with Crippen LogP contribution in [0.1, 0.15) is 92.9 Å². The lowest BCUT2D eigenvalue weighted by Gasteiger charge is -2.69. The van der Waals surface area contributed by atoms with E-state index in [4.69, 9.17) is 15.2 Å². The van der Waals surface area contributed by atoms with Gasteiger partial charge in [-0.15, -0.1) is 0 Å². The van der Waals surface area contributed by atoms with Gasteiger partial charge in [-0.25, -0.2) is 0 Å². The van der Waals surface area contributed by atoms with Gasteiger partial charge in [0.2, 0.25) is 0 Å². The summed E-state index contributed by atoms with van der Waals surface area (Å²) in [5.41, 5.74) is 7.57. The smallest absolute Gasteiger partial charge is 0.312 e. The molecule has 0 heterocycles. The molecule has 5 aliphatic carbocycles. The van der Waals surface area contributed by atoms with Crippen LogP contribution >= 0.6 is 0 Å². The summed E-state index contributed by atoms with van der Waals surface area (Å²) in [6.07, 6.45) is 8.89. The molecule has 0 radical (unpaired) electrons. The Kier molecular flexibility index (Phi) is 5.89. The molecule has 0 aromatic carbocycles. The molecule has 8 atom stereocenters. The number of hydrogen-bond donors (Lipinski definition) is 1. The average Bonchev–Trinajstić information content (AvgIpc) is 2.82. The highest BCUT2D eigenvalue weighted by molar-refractivity contribution is 6.01. The third-order valence-electron chi connectivity index (χ3n) is 12.6. The van der Waals surface area contributed by atoms with E-state index in [2.05, 4.69) is 48.1 Å². The molecule has 2 N–H and O–H groups in total. The second-order valence-corrected chi connectivity index (χ2v) is 15.2. The Morgan fingerprint density at radius 3 is 2.22 bits per heavy atom. The average molecular weight is 512 g/mol. The van der Waals surface area contributed by atoms with E-state index in [0.717, 1.165) is 56.9 Å². The molecule has 4 fully saturated rings. The van der Waals surface area contributed by atoms with Crippen molar-refractivity contribution in [1.29, 1.82) is 0 Å². The second-order valence-electron chi connectivity index (χ2n) is 15.2. The van der Waals surface area contributed by atoms with Crippen molar-refractivity contribution in [1.82, 2.24) is 0 Å². The van der Waals surface area contributed by atoms with Crippen molar-refractivity contribution in [3.05, 3.63) is 23.8 Å². The van der Waals surface area contributed by atoms with E-state index in [1.807, 2.05) is 6.08 Å². The van der Waals surface area contributed by atoms with Gasteiger partial charge in [0.25, 0.3) is 0 Å². The van der Waals surface area contributed by atoms with Crippen LogP contribution in [0, 0.1) is 44.8 Å². The molecule has 0 amide bonds. The lowest BCUT2D eigenvalue weighted by molar-refractivity contribution is -0.182. The van der Waals surface area contributed by atoms with Gasteiger partial charge in [-0.3, -0.25) is 9.59 Å². The summed E-state index contributed by atoms with van der Waals surface area (Å²) >= 11 is 0. The van der Waals surface area contributed by atoms with Gasteiger partial charge in [-0.05, 0) is 96.7 Å². The molecular formula is C32H49NO4. The largest absolute Gasteiger partial charge is 0.469 e. The molecule has 0 aliphatic heterocycles. The lowest BCUT2D eigenvalue weighted by Crippen LogP contribution is -2.74. The molecule has 37 heavy (non-hydrogen) atoms. The van der Waals surface area contributed by atoms with Crippen LogP contribution in [0.2, 0.25) is 0 Å². The lowest BCUT2D eigenvalue weighted by atomic mass is 9.35. The van der Waals surface area contributed by atoms with Crippen molar-refractivity contribution in [3.63, 3.8) is 0 Å². The van der Waals surface area contributed by atoms with Gasteiger partial charge in [0.15, 0.2) is 5.78 Å². The minimum absolute atomic E-state index is 0.00711. The normalized spacial score (nSPS) is 48.1. The van der Waals surface area contributed by atoms with Gasteiger partial charge in [0.1, 0.15) is 0 Å². The van der Waals surface area contributed by atoms with Gasteiger partial charge in [0.05, 0.1) is 24.2 Å². The van der Waals surface area contributed by atoms with Gasteiger partial charge in [-0.2, -0.15) is 0 Å². The third-order valence-corrected chi connectivity index (χ3v) is 12.6. The Hall–Kier alpha value is -1.46. The van der Waals surface area contributed by atoms with E-state index in [-0.39, 0.29) is 51.4 Å². The van der Waals surface area contributed by atoms with Crippen LogP contribution in [0.25, 0.3) is 0 Å². The highest BCUT2D eigenvalue weighted by atomic mass is 16.5. The van der Waals surface area contributed by atoms with Crippen LogP contribution in [0.3, 0.4) is 0 Å². The van der Waals surface area contributed by atoms with Crippen molar-refractivity contribution in [2.45, 2.75) is 105 Å². The van der Waals surface area contributed by atoms with Crippen LogP contribution in [-0.2, 0) is 19.1 Å². The molecule has 4 saturated carbocycles. The molecule has 0 saturated heterocycles. The number of ketones is 1. The molecule has 7 unspecified atom stereocenters. The second kappa shape index (κ2) is 8.03. The van der Waals surface area contributed by atoms with Crippen LogP contribution in [0.5, 0.6) is 0 Å². The Bertz CT molecular complexity index is 1070. The van der Waals surface area contributed by atoms with Crippen LogP contribution in [0.15, 0.2) is 23.8 Å². The topological polar surface area (TPSA) is 78.6 Å². The SMILES string of the molecule is C=C1[C@@H](OC)CC(C)(C)C2CCC3(C)C(=CC(=O)C4(N)C3CCC3(C(=O)OC)CCC(C)(C)CC34)C12C. The molecule has 5 aliphatic rings. The van der Waals surface area contributed by atoms with E-state index in [1.165, 1.54) is 12.7 Å². The molecule has 0 bridgehead atoms. The first kappa shape index (κ1) is 27.1. The maximum atomic E-state index is 14.5. The van der Waals surface area contributed by atoms with Crippen molar-refractivity contribution in [2.75, 3.05) is 14.2 Å². The maximum absolute atomic E-state index is 14.5. The van der Waals surface area contributed by atoms with E-state index < -0.39 is 11.0 Å². The van der Waals surface area contributed by atoms with E-state index >= 15 is 0 Å². The van der Waals surface area contributed by atoms with E-state index in [9.17, 15) is 9.59 Å². The Balaban J connectivity index is 1.69. The number of hydrogen-bond acceptors (Lipinski definition) is 5. The molecule has 5 nitrogen and oxygen atoms in total. The number of carbonyl (C=O) groups excluding carboxylic acids is 2. The number of esters is 1. The maximum Gasteiger partial charge on any atom is 0.312 e. The predicted octanol–water partition coefficient (Wildman–Crippen LogP) is 6.01. The van der Waals surface area contributed by atoms with Gasteiger partial charge in [-0.1, -0.05) is 48.1 Å². The number of carbonyl (C=O) groups is 2. The number of nitrogens with two attached hydrogens (primary N) is 1. The zero-order chi connectivity index (χ0) is 27.4. The van der Waals surface area contributed by atoms with Crippen molar-refractivity contribution >= 4 is 11.8 Å². The molecular weight excluding hydrogens is 462 g/mol. The first-order chi connectivity index (χ1) is 17.0. The van der Waals surface area contributed by atoms with Gasteiger partial charge < -0.3 is 15.2 Å². The first-order valence-corrected chi connectivity index (χ1v) is 14.4. The zero-order valence-electron chi connectivity index (χ0n) is 24.5. The molecule has 5 heteroatoms. The van der Waals surface area contributed by atoms with Crippen LogP contribution < -0.4 is 5.73 Å². The Morgan fingerprint density at radius 1 is 0.946 bits per heavy atom. The summed E-state index contributed by atoms with van der Waals surface area (Å²) in [5.74, 6) is -0.0125. The fourth-order valence-electron chi connectivity index (χ4n) is 10.6. The fourth-order valence-corrected chi connectivity index (χ4v) is 10.6. The van der Waals surface area contributed by atoms with Gasteiger partial charge in [0, 0.05) is 18.4 Å². The summed E-state index contributed by atoms with van der Waals surface area (Å²) in [5, 5.41) is 0. The fraction of sp³-hybridized carbons (Fsp3) is 0.812. The number of methoxy groups -OCH3 is 2. The van der Waals surface area contributed by atoms with E-state index in [0.29, 0.717) is 5.92 Å². The van der Waals surface area contributed by atoms with Crippen molar-refractivity contribution < 1.29 is 19.1 Å². The Morgan fingerprint density at radius 2 is 1.59 bits per heavy atom. The number of allylic oxidation sites excluding steroid dienone is 1. The highest BCUT2D eigenvalue weighted by Crippen LogP contribution is 2.72. The molecule has 0 aromatic heterocycles.